The molecule has 8 nitrogen and oxygen atoms in total. The Morgan fingerprint density at radius 2 is 1.56 bits per heavy atom. The number of ketones is 1. The SMILES string of the molecule is COc1cc(C2/C(=C(\O)c3ccccc3)C(=O)C(=O)N2CCc2ccc(OC)c(OC)c2)ccc1O. The zero-order valence-electron chi connectivity index (χ0n) is 20.2. The van der Waals surface area contributed by atoms with Gasteiger partial charge in [0.15, 0.2) is 23.0 Å². The number of carbonyl (C=O) groups is 2. The molecule has 1 saturated heterocycles. The minimum absolute atomic E-state index is 0.0220. The third-order valence-electron chi connectivity index (χ3n) is 6.20. The monoisotopic (exact) mass is 489 g/mol. The number of rotatable bonds is 8. The number of nitrogens with zero attached hydrogens (tertiary/aromatic N) is 1. The predicted molar refractivity (Wildman–Crippen MR) is 133 cm³/mol. The maximum absolute atomic E-state index is 13.2. The van der Waals surface area contributed by atoms with Gasteiger partial charge in [-0.3, -0.25) is 9.59 Å². The number of amides is 1. The van der Waals surface area contributed by atoms with Gasteiger partial charge >= 0.3 is 0 Å². The van der Waals surface area contributed by atoms with Gasteiger partial charge in [-0.05, 0) is 41.8 Å². The van der Waals surface area contributed by atoms with Crippen molar-refractivity contribution in [3.8, 4) is 23.0 Å². The van der Waals surface area contributed by atoms with E-state index in [0.717, 1.165) is 5.56 Å². The van der Waals surface area contributed by atoms with Gasteiger partial charge in [0.25, 0.3) is 11.7 Å². The Morgan fingerprint density at radius 1 is 0.861 bits per heavy atom. The van der Waals surface area contributed by atoms with Crippen LogP contribution >= 0.6 is 0 Å². The summed E-state index contributed by atoms with van der Waals surface area (Å²) in [6, 6.07) is 17.8. The van der Waals surface area contributed by atoms with Crippen molar-refractivity contribution in [2.24, 2.45) is 0 Å². The molecule has 36 heavy (non-hydrogen) atoms. The molecule has 0 bridgehead atoms. The maximum atomic E-state index is 13.2. The van der Waals surface area contributed by atoms with Crippen molar-refractivity contribution in [2.75, 3.05) is 27.9 Å². The number of likely N-dealkylation sites (tertiary alicyclic amines) is 1. The summed E-state index contributed by atoms with van der Waals surface area (Å²) in [6.45, 7) is 0.194. The third kappa shape index (κ3) is 4.57. The molecule has 1 aliphatic rings. The number of methoxy groups -OCH3 is 3. The largest absolute Gasteiger partial charge is 0.507 e. The van der Waals surface area contributed by atoms with Gasteiger partial charge < -0.3 is 29.3 Å². The molecule has 8 heteroatoms. The van der Waals surface area contributed by atoms with Crippen LogP contribution in [0.4, 0.5) is 0 Å². The summed E-state index contributed by atoms with van der Waals surface area (Å²) in [5, 5.41) is 21.2. The molecular weight excluding hydrogens is 462 g/mol. The molecule has 1 heterocycles. The molecular formula is C28H27NO7. The Labute approximate surface area is 209 Å². The lowest BCUT2D eigenvalue weighted by atomic mass is 9.95. The van der Waals surface area contributed by atoms with Crippen LogP contribution < -0.4 is 14.2 Å². The number of aromatic hydroxyl groups is 1. The van der Waals surface area contributed by atoms with Crippen molar-refractivity contribution in [1.29, 1.82) is 0 Å². The number of hydrogen-bond acceptors (Lipinski definition) is 7. The summed E-state index contributed by atoms with van der Waals surface area (Å²) in [5.74, 6) is -0.503. The average Bonchev–Trinajstić information content (AvgIpc) is 3.16. The molecule has 3 aromatic carbocycles. The fourth-order valence-corrected chi connectivity index (χ4v) is 4.36. The molecule has 186 valence electrons. The topological polar surface area (TPSA) is 106 Å². The lowest BCUT2D eigenvalue weighted by Crippen LogP contribution is -2.31. The zero-order valence-corrected chi connectivity index (χ0v) is 20.2. The summed E-state index contributed by atoms with van der Waals surface area (Å²) < 4.78 is 15.9. The van der Waals surface area contributed by atoms with Crippen LogP contribution in [0.3, 0.4) is 0 Å². The van der Waals surface area contributed by atoms with Crippen LogP contribution in [0.15, 0.2) is 72.3 Å². The van der Waals surface area contributed by atoms with Crippen LogP contribution in [0.2, 0.25) is 0 Å². The Balaban J connectivity index is 1.77. The molecule has 4 rings (SSSR count). The summed E-state index contributed by atoms with van der Waals surface area (Å²) in [5.41, 5.74) is 1.80. The van der Waals surface area contributed by atoms with Crippen LogP contribution in [0.1, 0.15) is 22.7 Å². The van der Waals surface area contributed by atoms with Crippen molar-refractivity contribution in [2.45, 2.75) is 12.5 Å². The van der Waals surface area contributed by atoms with Gasteiger partial charge in [-0.2, -0.15) is 0 Å². The molecule has 1 fully saturated rings. The van der Waals surface area contributed by atoms with Crippen molar-refractivity contribution >= 4 is 17.4 Å². The highest BCUT2D eigenvalue weighted by Gasteiger charge is 2.46. The highest BCUT2D eigenvalue weighted by atomic mass is 16.5. The number of carbonyl (C=O) groups excluding carboxylic acids is 2. The van der Waals surface area contributed by atoms with E-state index in [9.17, 15) is 19.8 Å². The van der Waals surface area contributed by atoms with Crippen LogP contribution in [0, 0.1) is 0 Å². The number of ether oxygens (including phenoxy) is 3. The molecule has 3 aromatic rings. The molecule has 0 aliphatic carbocycles. The number of hydrogen-bond donors (Lipinski definition) is 2. The minimum atomic E-state index is -0.875. The van der Waals surface area contributed by atoms with E-state index in [4.69, 9.17) is 14.2 Å². The van der Waals surface area contributed by atoms with Gasteiger partial charge in [0.1, 0.15) is 5.76 Å². The first-order valence-electron chi connectivity index (χ1n) is 11.3. The number of phenolic OH excluding ortho intramolecular Hbond substituents is 1. The molecule has 2 N–H and O–H groups in total. The number of benzene rings is 3. The number of aliphatic hydroxyl groups is 1. The lowest BCUT2D eigenvalue weighted by Gasteiger charge is -2.26. The van der Waals surface area contributed by atoms with E-state index in [1.54, 1.807) is 62.8 Å². The van der Waals surface area contributed by atoms with Gasteiger partial charge in [0.2, 0.25) is 0 Å². The fraction of sp³-hybridized carbons (Fsp3) is 0.214. The second-order valence-electron chi connectivity index (χ2n) is 8.23. The van der Waals surface area contributed by atoms with E-state index in [2.05, 4.69) is 0 Å². The molecule has 1 atom stereocenters. The Morgan fingerprint density at radius 3 is 2.22 bits per heavy atom. The van der Waals surface area contributed by atoms with E-state index in [0.29, 0.717) is 29.0 Å². The minimum Gasteiger partial charge on any atom is -0.507 e. The molecule has 1 amide bonds. The highest BCUT2D eigenvalue weighted by Crippen LogP contribution is 2.42. The molecule has 0 aromatic heterocycles. The summed E-state index contributed by atoms with van der Waals surface area (Å²) in [6.07, 6.45) is 0.421. The summed E-state index contributed by atoms with van der Waals surface area (Å²) in [4.78, 5) is 27.8. The van der Waals surface area contributed by atoms with Crippen LogP contribution in [-0.2, 0) is 16.0 Å². The first-order valence-corrected chi connectivity index (χ1v) is 11.3. The first kappa shape index (κ1) is 24.7. The van der Waals surface area contributed by atoms with Crippen molar-refractivity contribution in [1.82, 2.24) is 4.90 Å². The molecule has 1 aliphatic heterocycles. The van der Waals surface area contributed by atoms with Gasteiger partial charge in [-0.15, -0.1) is 0 Å². The Bertz CT molecular complexity index is 1320. The predicted octanol–water partition coefficient (Wildman–Crippen LogP) is 4.08. The quantitative estimate of drug-likeness (QED) is 0.279. The standard InChI is InChI=1S/C28H27NO7/c1-34-21-12-9-17(15-23(21)36-3)13-14-29-25(19-10-11-20(30)22(16-19)35-2)24(27(32)28(29)33)26(31)18-7-5-4-6-8-18/h4-12,15-16,25,30-31H,13-14H2,1-3H3/b26-24+. The van der Waals surface area contributed by atoms with Crippen LogP contribution in [0.25, 0.3) is 5.76 Å². The van der Waals surface area contributed by atoms with Crippen molar-refractivity contribution in [3.63, 3.8) is 0 Å². The average molecular weight is 490 g/mol. The van der Waals surface area contributed by atoms with E-state index in [1.165, 1.54) is 18.1 Å². The number of Topliss-reactive ketones (excluding diaryl/α,β-unsaturated/α-hetero) is 1. The summed E-state index contributed by atoms with van der Waals surface area (Å²) >= 11 is 0. The van der Waals surface area contributed by atoms with Gasteiger partial charge in [0.05, 0.1) is 32.9 Å². The third-order valence-corrected chi connectivity index (χ3v) is 6.20. The fourth-order valence-electron chi connectivity index (χ4n) is 4.36. The van der Waals surface area contributed by atoms with Gasteiger partial charge in [-0.25, -0.2) is 0 Å². The van der Waals surface area contributed by atoms with Gasteiger partial charge in [0, 0.05) is 12.1 Å². The van der Waals surface area contributed by atoms with Crippen LogP contribution in [-0.4, -0.2) is 54.7 Å². The molecule has 0 saturated carbocycles. The van der Waals surface area contributed by atoms with Crippen molar-refractivity contribution < 1.29 is 34.0 Å². The van der Waals surface area contributed by atoms with Crippen LogP contribution in [0.5, 0.6) is 23.0 Å². The van der Waals surface area contributed by atoms with E-state index < -0.39 is 17.7 Å². The second-order valence-corrected chi connectivity index (χ2v) is 8.23. The van der Waals surface area contributed by atoms with Gasteiger partial charge in [-0.1, -0.05) is 42.5 Å². The number of phenols is 1. The summed E-state index contributed by atoms with van der Waals surface area (Å²) in [7, 11) is 4.51. The molecule has 1 unspecified atom stereocenters. The van der Waals surface area contributed by atoms with E-state index >= 15 is 0 Å². The lowest BCUT2D eigenvalue weighted by molar-refractivity contribution is -0.139. The molecule has 0 radical (unpaired) electrons. The Kier molecular flexibility index (Phi) is 7.15. The zero-order chi connectivity index (χ0) is 25.8. The van der Waals surface area contributed by atoms with E-state index in [-0.39, 0.29) is 29.4 Å². The number of aliphatic hydroxyl groups excluding tert-OH is 1. The first-order chi connectivity index (χ1) is 17.4. The second kappa shape index (κ2) is 10.4. The smallest absolute Gasteiger partial charge is 0.295 e. The highest BCUT2D eigenvalue weighted by molar-refractivity contribution is 6.46. The van der Waals surface area contributed by atoms with Crippen molar-refractivity contribution in [3.05, 3.63) is 89.0 Å². The molecule has 0 spiro atoms. The maximum Gasteiger partial charge on any atom is 0.295 e. The normalized spacial score (nSPS) is 16.8. The Hall–Kier alpha value is -4.46. The van der Waals surface area contributed by atoms with E-state index in [1.807, 2.05) is 12.1 Å².